The Morgan fingerprint density at radius 2 is 1.96 bits per heavy atom. The molecule has 0 unspecified atom stereocenters. The normalized spacial score (nSPS) is 13.8. The predicted molar refractivity (Wildman–Crippen MR) is 115 cm³/mol. The molecule has 3 heterocycles. The van der Waals surface area contributed by atoms with Gasteiger partial charge in [0.15, 0.2) is 5.16 Å². The molecule has 0 saturated carbocycles. The third-order valence-corrected chi connectivity index (χ3v) is 6.69. The molecule has 1 N–H and O–H groups in total. The molecular formula is C20H23N5OS2. The first-order valence-electron chi connectivity index (χ1n) is 9.37. The van der Waals surface area contributed by atoms with Gasteiger partial charge in [-0.2, -0.15) is 0 Å². The lowest BCUT2D eigenvalue weighted by molar-refractivity contribution is -0.113. The lowest BCUT2D eigenvalue weighted by Crippen LogP contribution is -2.18. The van der Waals surface area contributed by atoms with Gasteiger partial charge in [-0.1, -0.05) is 17.8 Å². The summed E-state index contributed by atoms with van der Waals surface area (Å²) in [6.45, 7) is 2.24. The van der Waals surface area contributed by atoms with Crippen LogP contribution in [0.2, 0.25) is 0 Å². The molecule has 8 heteroatoms. The van der Waals surface area contributed by atoms with Crippen LogP contribution in [-0.4, -0.2) is 39.5 Å². The van der Waals surface area contributed by atoms with Gasteiger partial charge in [0.05, 0.1) is 5.75 Å². The van der Waals surface area contributed by atoms with E-state index in [9.17, 15) is 4.79 Å². The molecule has 6 nitrogen and oxygen atoms in total. The topological polar surface area (TPSA) is 63.1 Å². The van der Waals surface area contributed by atoms with Crippen LogP contribution in [0.4, 0.5) is 11.4 Å². The molecule has 2 aromatic heterocycles. The minimum atomic E-state index is -0.0401. The van der Waals surface area contributed by atoms with Crippen LogP contribution in [0.5, 0.6) is 0 Å². The molecule has 0 bridgehead atoms. The monoisotopic (exact) mass is 413 g/mol. The second-order valence-electron chi connectivity index (χ2n) is 6.79. The maximum atomic E-state index is 12.3. The zero-order valence-electron chi connectivity index (χ0n) is 15.8. The highest BCUT2D eigenvalue weighted by atomic mass is 32.2. The van der Waals surface area contributed by atoms with Crippen LogP contribution >= 0.6 is 23.1 Å². The first-order valence-corrected chi connectivity index (χ1v) is 11.2. The summed E-state index contributed by atoms with van der Waals surface area (Å²) in [5.74, 6) is 1.17. The van der Waals surface area contributed by atoms with Crippen molar-refractivity contribution in [2.24, 2.45) is 7.05 Å². The van der Waals surface area contributed by atoms with E-state index in [2.05, 4.69) is 44.0 Å². The van der Waals surface area contributed by atoms with E-state index in [4.69, 9.17) is 0 Å². The van der Waals surface area contributed by atoms with Gasteiger partial charge in [-0.3, -0.25) is 4.79 Å². The predicted octanol–water partition coefficient (Wildman–Crippen LogP) is 3.80. The van der Waals surface area contributed by atoms with Crippen LogP contribution < -0.4 is 10.2 Å². The highest BCUT2D eigenvalue weighted by molar-refractivity contribution is 7.99. The van der Waals surface area contributed by atoms with Crippen LogP contribution in [0, 0.1) is 0 Å². The first-order chi connectivity index (χ1) is 13.7. The lowest BCUT2D eigenvalue weighted by Gasteiger charge is -2.17. The highest BCUT2D eigenvalue weighted by Gasteiger charge is 2.14. The van der Waals surface area contributed by atoms with E-state index in [1.54, 1.807) is 11.3 Å². The van der Waals surface area contributed by atoms with Crippen molar-refractivity contribution in [3.63, 3.8) is 0 Å². The van der Waals surface area contributed by atoms with Crippen molar-refractivity contribution in [3.8, 4) is 0 Å². The van der Waals surface area contributed by atoms with Crippen LogP contribution in [0.25, 0.3) is 0 Å². The summed E-state index contributed by atoms with van der Waals surface area (Å²) in [5, 5.41) is 14.3. The summed E-state index contributed by atoms with van der Waals surface area (Å²) in [6.07, 6.45) is 3.27. The number of rotatable bonds is 7. The Kier molecular flexibility index (Phi) is 5.97. The molecule has 146 valence electrons. The number of aromatic nitrogens is 3. The van der Waals surface area contributed by atoms with Gasteiger partial charge in [0.1, 0.15) is 5.82 Å². The molecule has 1 aliphatic rings. The number of nitrogens with zero attached hydrogens (tertiary/aromatic N) is 4. The fourth-order valence-electron chi connectivity index (χ4n) is 3.25. The number of anilines is 2. The van der Waals surface area contributed by atoms with Crippen LogP contribution in [0.3, 0.4) is 0 Å². The van der Waals surface area contributed by atoms with E-state index in [-0.39, 0.29) is 5.91 Å². The van der Waals surface area contributed by atoms with Gasteiger partial charge in [0.2, 0.25) is 5.91 Å². The zero-order valence-corrected chi connectivity index (χ0v) is 17.4. The van der Waals surface area contributed by atoms with Gasteiger partial charge < -0.3 is 14.8 Å². The smallest absolute Gasteiger partial charge is 0.234 e. The van der Waals surface area contributed by atoms with Crippen molar-refractivity contribution in [1.82, 2.24) is 14.8 Å². The van der Waals surface area contributed by atoms with Crippen molar-refractivity contribution >= 4 is 40.4 Å². The minimum absolute atomic E-state index is 0.0401. The van der Waals surface area contributed by atoms with Gasteiger partial charge in [-0.05, 0) is 48.6 Å². The van der Waals surface area contributed by atoms with E-state index < -0.39 is 0 Å². The lowest BCUT2D eigenvalue weighted by atomic mass is 10.2. The van der Waals surface area contributed by atoms with Gasteiger partial charge in [-0.15, -0.1) is 21.5 Å². The van der Waals surface area contributed by atoms with Crippen molar-refractivity contribution in [2.45, 2.75) is 24.4 Å². The van der Waals surface area contributed by atoms with E-state index in [0.717, 1.165) is 36.2 Å². The van der Waals surface area contributed by atoms with Crippen molar-refractivity contribution in [2.75, 3.05) is 29.1 Å². The second kappa shape index (κ2) is 8.79. The molecule has 28 heavy (non-hydrogen) atoms. The van der Waals surface area contributed by atoms with Crippen molar-refractivity contribution < 1.29 is 4.79 Å². The number of nitrogens with one attached hydrogen (secondary N) is 1. The van der Waals surface area contributed by atoms with Gasteiger partial charge >= 0.3 is 0 Å². The summed E-state index contributed by atoms with van der Waals surface area (Å²) in [4.78, 5) is 15.9. The van der Waals surface area contributed by atoms with E-state index >= 15 is 0 Å². The third kappa shape index (κ3) is 4.56. The molecular weight excluding hydrogens is 390 g/mol. The second-order valence-corrected chi connectivity index (χ2v) is 8.77. The number of carbonyl (C=O) groups is 1. The average molecular weight is 414 g/mol. The fraction of sp³-hybridized carbons (Fsp3) is 0.350. The Labute approximate surface area is 173 Å². The number of thiophene rings is 1. The number of hydrogen-bond acceptors (Lipinski definition) is 6. The van der Waals surface area contributed by atoms with Gasteiger partial charge in [-0.25, -0.2) is 0 Å². The van der Waals surface area contributed by atoms with Crippen LogP contribution in [-0.2, 0) is 18.3 Å². The number of hydrogen-bond donors (Lipinski definition) is 1. The first kappa shape index (κ1) is 19.0. The van der Waals surface area contributed by atoms with Gasteiger partial charge in [0.25, 0.3) is 0 Å². The maximum Gasteiger partial charge on any atom is 0.234 e. The molecule has 1 fully saturated rings. The largest absolute Gasteiger partial charge is 0.372 e. The maximum absolute atomic E-state index is 12.3. The van der Waals surface area contributed by atoms with Crippen LogP contribution in [0.15, 0.2) is 46.9 Å². The quantitative estimate of drug-likeness (QED) is 0.597. The Morgan fingerprint density at radius 1 is 1.18 bits per heavy atom. The summed E-state index contributed by atoms with van der Waals surface area (Å²) in [6, 6.07) is 12.2. The molecule has 0 radical (unpaired) electrons. The Bertz CT molecular complexity index is 915. The van der Waals surface area contributed by atoms with E-state index in [1.165, 1.54) is 35.2 Å². The standard InChI is InChI=1S/C20H23N5OS2/c1-24-18(13-17-5-4-12-27-17)22-23-20(24)28-14-19(26)21-15-6-8-16(9-7-15)25-10-2-3-11-25/h4-9,12H,2-3,10-11,13-14H2,1H3,(H,21,26). The molecule has 0 spiro atoms. The summed E-state index contributed by atoms with van der Waals surface area (Å²) in [5.41, 5.74) is 2.05. The fourth-order valence-corrected chi connectivity index (χ4v) is 4.68. The Morgan fingerprint density at radius 3 is 2.68 bits per heavy atom. The number of thioether (sulfide) groups is 1. The van der Waals surface area contributed by atoms with Gasteiger partial charge in [0, 0.05) is 42.8 Å². The van der Waals surface area contributed by atoms with Crippen molar-refractivity contribution in [3.05, 3.63) is 52.5 Å². The third-order valence-electron chi connectivity index (χ3n) is 4.79. The molecule has 1 aliphatic heterocycles. The molecule has 0 aliphatic carbocycles. The Balaban J connectivity index is 1.29. The summed E-state index contributed by atoms with van der Waals surface area (Å²) >= 11 is 3.11. The number of carbonyl (C=O) groups excluding carboxylic acids is 1. The van der Waals surface area contributed by atoms with E-state index in [0.29, 0.717) is 5.75 Å². The minimum Gasteiger partial charge on any atom is -0.372 e. The zero-order chi connectivity index (χ0) is 19.3. The SMILES string of the molecule is Cn1c(Cc2cccs2)nnc1SCC(=O)Nc1ccc(N2CCCC2)cc1. The van der Waals surface area contributed by atoms with E-state index in [1.807, 2.05) is 29.8 Å². The highest BCUT2D eigenvalue weighted by Crippen LogP contribution is 2.23. The molecule has 1 amide bonds. The Hall–Kier alpha value is -2.32. The molecule has 4 rings (SSSR count). The average Bonchev–Trinajstić information content (AvgIpc) is 3.46. The molecule has 3 aromatic rings. The van der Waals surface area contributed by atoms with Crippen molar-refractivity contribution in [1.29, 1.82) is 0 Å². The molecule has 0 atom stereocenters. The summed E-state index contributed by atoms with van der Waals surface area (Å²) < 4.78 is 1.96. The molecule has 1 aromatic carbocycles. The summed E-state index contributed by atoms with van der Waals surface area (Å²) in [7, 11) is 1.94. The number of amides is 1. The van der Waals surface area contributed by atoms with Crippen LogP contribution in [0.1, 0.15) is 23.5 Å². The number of benzene rings is 1. The molecule has 1 saturated heterocycles.